The van der Waals surface area contributed by atoms with Crippen LogP contribution in [0.5, 0.6) is 0 Å². The van der Waals surface area contributed by atoms with Crippen LogP contribution < -0.4 is 0 Å². The highest BCUT2D eigenvalue weighted by molar-refractivity contribution is 6.29. The van der Waals surface area contributed by atoms with Gasteiger partial charge in [0, 0.05) is 6.20 Å². The summed E-state index contributed by atoms with van der Waals surface area (Å²) >= 11 is 5.84. The van der Waals surface area contributed by atoms with Crippen molar-refractivity contribution in [2.45, 2.75) is 90.8 Å². The Balaban J connectivity index is 1.75. The molecule has 1 aromatic rings. The fourth-order valence-electron chi connectivity index (χ4n) is 6.55. The van der Waals surface area contributed by atoms with Crippen molar-refractivity contribution < 1.29 is 10.2 Å². The van der Waals surface area contributed by atoms with Crippen LogP contribution in [0.1, 0.15) is 85.1 Å². The molecule has 0 bridgehead atoms. The molecule has 1 aromatic heterocycles. The maximum Gasteiger partial charge on any atom is 0.129 e. The van der Waals surface area contributed by atoms with E-state index in [4.69, 9.17) is 11.6 Å². The van der Waals surface area contributed by atoms with E-state index >= 15 is 0 Å². The van der Waals surface area contributed by atoms with Crippen LogP contribution in [0.4, 0.5) is 0 Å². The SMILES string of the molecule is CC1(C)CCC[C@]2(C)[C@@H](CC[C@@](C)(O)/C=C/c3ccc(Cl)nc3)[C@](C)(O)CC[C@@H]12. The molecule has 2 N–H and O–H groups in total. The maximum atomic E-state index is 11.3. The number of hydrogen-bond donors (Lipinski definition) is 2. The van der Waals surface area contributed by atoms with Gasteiger partial charge in [-0.05, 0) is 86.7 Å². The van der Waals surface area contributed by atoms with Gasteiger partial charge in [-0.15, -0.1) is 0 Å². The first kappa shape index (κ1) is 22.8. The van der Waals surface area contributed by atoms with Crippen LogP contribution in [-0.4, -0.2) is 26.4 Å². The Hall–Kier alpha value is -0.900. The molecule has 3 nitrogen and oxygen atoms in total. The molecular formula is C25H38ClNO2. The van der Waals surface area contributed by atoms with Gasteiger partial charge in [0.1, 0.15) is 5.15 Å². The van der Waals surface area contributed by atoms with Gasteiger partial charge in [0.2, 0.25) is 0 Å². The molecule has 0 radical (unpaired) electrons. The lowest BCUT2D eigenvalue weighted by molar-refractivity contribution is -0.171. The van der Waals surface area contributed by atoms with E-state index in [-0.39, 0.29) is 11.3 Å². The highest BCUT2D eigenvalue weighted by atomic mass is 35.5. The van der Waals surface area contributed by atoms with Gasteiger partial charge < -0.3 is 10.2 Å². The standard InChI is InChI=1S/C25H38ClNO2/c1-22(2)12-6-13-24(4)19(22)11-16-25(5,29)20(24)10-15-23(3,28)14-9-18-7-8-21(26)27-17-18/h7-9,14,17,19-20,28-29H,6,10-13,15-16H2,1-5H3/b14-9+/t19-,20+,23-,24-,25+/m0/s1. The Morgan fingerprint density at radius 1 is 1.21 bits per heavy atom. The van der Waals surface area contributed by atoms with Gasteiger partial charge in [-0.1, -0.05) is 57.0 Å². The van der Waals surface area contributed by atoms with Gasteiger partial charge in [-0.2, -0.15) is 0 Å². The summed E-state index contributed by atoms with van der Waals surface area (Å²) in [6.45, 7) is 11.1. The number of rotatable bonds is 5. The van der Waals surface area contributed by atoms with Crippen molar-refractivity contribution in [1.29, 1.82) is 0 Å². The molecule has 0 aliphatic heterocycles. The quantitative estimate of drug-likeness (QED) is 0.552. The third kappa shape index (κ3) is 4.89. The Bertz CT molecular complexity index is 738. The highest BCUT2D eigenvalue weighted by Gasteiger charge is 2.57. The molecule has 4 heteroatoms. The molecule has 0 saturated heterocycles. The van der Waals surface area contributed by atoms with Crippen molar-refractivity contribution >= 4 is 17.7 Å². The minimum absolute atomic E-state index is 0.128. The fraction of sp³-hybridized carbons (Fsp3) is 0.720. The van der Waals surface area contributed by atoms with Crippen LogP contribution in [0.3, 0.4) is 0 Å². The summed E-state index contributed by atoms with van der Waals surface area (Å²) < 4.78 is 0. The van der Waals surface area contributed by atoms with Crippen LogP contribution in [0.25, 0.3) is 6.08 Å². The average Bonchev–Trinajstić information content (AvgIpc) is 2.59. The van der Waals surface area contributed by atoms with E-state index in [1.807, 2.05) is 32.1 Å². The molecule has 162 valence electrons. The van der Waals surface area contributed by atoms with E-state index in [9.17, 15) is 10.2 Å². The lowest BCUT2D eigenvalue weighted by Crippen LogP contribution is -2.57. The Morgan fingerprint density at radius 3 is 2.59 bits per heavy atom. The predicted octanol–water partition coefficient (Wildman–Crippen LogP) is 6.27. The third-order valence-electron chi connectivity index (χ3n) is 8.09. The van der Waals surface area contributed by atoms with Crippen molar-refractivity contribution in [3.63, 3.8) is 0 Å². The lowest BCUT2D eigenvalue weighted by atomic mass is 9.45. The van der Waals surface area contributed by atoms with Crippen LogP contribution in [-0.2, 0) is 0 Å². The smallest absolute Gasteiger partial charge is 0.129 e. The Kier molecular flexibility index (Phi) is 6.27. The summed E-state index contributed by atoms with van der Waals surface area (Å²) in [5, 5.41) is 22.8. The van der Waals surface area contributed by atoms with Gasteiger partial charge in [0.15, 0.2) is 0 Å². The van der Waals surface area contributed by atoms with Crippen molar-refractivity contribution in [3.8, 4) is 0 Å². The van der Waals surface area contributed by atoms with E-state index in [2.05, 4.69) is 25.8 Å². The number of hydrogen-bond acceptors (Lipinski definition) is 3. The van der Waals surface area contributed by atoms with E-state index < -0.39 is 11.2 Å². The minimum atomic E-state index is -0.927. The molecule has 0 unspecified atom stereocenters. The second-order valence-electron chi connectivity index (χ2n) is 11.0. The number of halogens is 1. The molecule has 29 heavy (non-hydrogen) atoms. The summed E-state index contributed by atoms with van der Waals surface area (Å²) in [5.74, 6) is 0.833. The second kappa shape index (κ2) is 7.98. The van der Waals surface area contributed by atoms with E-state index in [0.717, 1.165) is 24.8 Å². The van der Waals surface area contributed by atoms with Crippen molar-refractivity contribution in [2.24, 2.45) is 22.7 Å². The van der Waals surface area contributed by atoms with Crippen LogP contribution >= 0.6 is 11.6 Å². The summed E-state index contributed by atoms with van der Waals surface area (Å²) in [6, 6.07) is 3.64. The van der Waals surface area contributed by atoms with Gasteiger partial charge in [0.05, 0.1) is 11.2 Å². The Labute approximate surface area is 181 Å². The maximum absolute atomic E-state index is 11.3. The van der Waals surface area contributed by atoms with Gasteiger partial charge >= 0.3 is 0 Å². The van der Waals surface area contributed by atoms with Crippen molar-refractivity contribution in [1.82, 2.24) is 4.98 Å². The zero-order valence-corrected chi connectivity index (χ0v) is 19.5. The number of pyridine rings is 1. The summed E-state index contributed by atoms with van der Waals surface area (Å²) in [7, 11) is 0. The minimum Gasteiger partial charge on any atom is -0.390 e. The number of aromatic nitrogens is 1. The summed E-state index contributed by atoms with van der Waals surface area (Å²) in [5.41, 5.74) is -0.225. The zero-order chi connectivity index (χ0) is 21.5. The van der Waals surface area contributed by atoms with E-state index in [0.29, 0.717) is 22.9 Å². The first-order chi connectivity index (χ1) is 13.4. The molecule has 0 amide bonds. The monoisotopic (exact) mass is 419 g/mol. The summed E-state index contributed by atoms with van der Waals surface area (Å²) in [6.07, 6.45) is 12.6. The molecule has 0 aromatic carbocycles. The second-order valence-corrected chi connectivity index (χ2v) is 11.4. The van der Waals surface area contributed by atoms with Crippen LogP contribution in [0.2, 0.25) is 5.15 Å². The first-order valence-corrected chi connectivity index (χ1v) is 11.5. The van der Waals surface area contributed by atoms with E-state index in [1.54, 1.807) is 12.3 Å². The van der Waals surface area contributed by atoms with E-state index in [1.165, 1.54) is 19.3 Å². The topological polar surface area (TPSA) is 53.4 Å². The molecule has 5 atom stereocenters. The normalized spacial score (nSPS) is 36.6. The molecule has 2 saturated carbocycles. The average molecular weight is 420 g/mol. The molecule has 2 aliphatic carbocycles. The molecule has 3 rings (SSSR count). The Morgan fingerprint density at radius 2 is 1.93 bits per heavy atom. The zero-order valence-electron chi connectivity index (χ0n) is 18.7. The lowest BCUT2D eigenvalue weighted by Gasteiger charge is -2.61. The molecule has 2 fully saturated rings. The van der Waals surface area contributed by atoms with Gasteiger partial charge in [0.25, 0.3) is 0 Å². The molecule has 0 spiro atoms. The fourth-order valence-corrected chi connectivity index (χ4v) is 6.66. The summed E-state index contributed by atoms with van der Waals surface area (Å²) in [4.78, 5) is 4.09. The van der Waals surface area contributed by atoms with Gasteiger partial charge in [-0.3, -0.25) is 0 Å². The van der Waals surface area contributed by atoms with Crippen LogP contribution in [0.15, 0.2) is 24.4 Å². The highest BCUT2D eigenvalue weighted by Crippen LogP contribution is 2.63. The third-order valence-corrected chi connectivity index (χ3v) is 8.31. The van der Waals surface area contributed by atoms with Gasteiger partial charge in [-0.25, -0.2) is 4.98 Å². The van der Waals surface area contributed by atoms with Crippen molar-refractivity contribution in [2.75, 3.05) is 0 Å². The largest absolute Gasteiger partial charge is 0.390 e. The molecular weight excluding hydrogens is 382 g/mol. The van der Waals surface area contributed by atoms with Crippen molar-refractivity contribution in [3.05, 3.63) is 35.1 Å². The molecule has 1 heterocycles. The first-order valence-electron chi connectivity index (χ1n) is 11.1. The number of fused-ring (bicyclic) bond motifs is 1. The molecule has 2 aliphatic rings. The van der Waals surface area contributed by atoms with Crippen LogP contribution in [0, 0.1) is 22.7 Å². The predicted molar refractivity (Wildman–Crippen MR) is 121 cm³/mol. The number of aliphatic hydroxyl groups is 2. The number of nitrogens with zero attached hydrogens (tertiary/aromatic N) is 1.